The Labute approximate surface area is 171 Å². The van der Waals surface area contributed by atoms with E-state index in [9.17, 15) is 32.8 Å². The van der Waals surface area contributed by atoms with Crippen molar-refractivity contribution in [1.29, 1.82) is 0 Å². The van der Waals surface area contributed by atoms with E-state index < -0.39 is 51.6 Å². The maximum atomic E-state index is 13.7. The summed E-state index contributed by atoms with van der Waals surface area (Å²) in [6.45, 7) is -1.73. The second-order valence-electron chi connectivity index (χ2n) is 5.98. The van der Waals surface area contributed by atoms with Crippen molar-refractivity contribution in [1.82, 2.24) is 4.31 Å². The second kappa shape index (κ2) is 9.61. The second-order valence-corrected chi connectivity index (χ2v) is 7.87. The van der Waals surface area contributed by atoms with Crippen LogP contribution in [0.1, 0.15) is 5.56 Å². The number of esters is 1. The summed E-state index contributed by atoms with van der Waals surface area (Å²) in [6, 6.07) is 5.94. The largest absolute Gasteiger partial charge is 0.497 e. The van der Waals surface area contributed by atoms with Crippen molar-refractivity contribution >= 4 is 21.7 Å². The third-order valence-corrected chi connectivity index (χ3v) is 6.09. The number of hydrogen-bond donors (Lipinski definition) is 1. The predicted molar refractivity (Wildman–Crippen MR) is 102 cm³/mol. The van der Waals surface area contributed by atoms with Crippen LogP contribution in [0.4, 0.5) is 10.1 Å². The number of aliphatic hydroxyl groups excluding tert-OH is 1. The van der Waals surface area contributed by atoms with Crippen LogP contribution in [0.5, 0.6) is 5.75 Å². The van der Waals surface area contributed by atoms with Gasteiger partial charge in [0.2, 0.25) is 10.0 Å². The number of carbonyl (C=O) groups excluding carboxylic acids is 1. The quantitative estimate of drug-likeness (QED) is 0.350. The van der Waals surface area contributed by atoms with Gasteiger partial charge in [0.1, 0.15) is 17.6 Å². The van der Waals surface area contributed by atoms with Crippen molar-refractivity contribution in [2.45, 2.75) is 17.5 Å². The van der Waals surface area contributed by atoms with E-state index in [4.69, 9.17) is 4.74 Å². The fraction of sp³-hybridized carbons (Fsp3) is 0.278. The average Bonchev–Trinajstić information content (AvgIpc) is 2.73. The van der Waals surface area contributed by atoms with E-state index >= 15 is 0 Å². The van der Waals surface area contributed by atoms with Gasteiger partial charge in [0, 0.05) is 18.2 Å². The van der Waals surface area contributed by atoms with Gasteiger partial charge < -0.3 is 14.6 Å². The van der Waals surface area contributed by atoms with E-state index in [1.54, 1.807) is 0 Å². The number of hydrogen-bond acceptors (Lipinski definition) is 8. The Morgan fingerprint density at radius 1 is 1.23 bits per heavy atom. The summed E-state index contributed by atoms with van der Waals surface area (Å²) in [5, 5.41) is 21.0. The molecule has 0 aliphatic carbocycles. The average molecular weight is 442 g/mol. The maximum Gasteiger partial charge on any atom is 0.326 e. The highest BCUT2D eigenvalue weighted by atomic mass is 32.2. The van der Waals surface area contributed by atoms with Gasteiger partial charge in [-0.15, -0.1) is 0 Å². The summed E-state index contributed by atoms with van der Waals surface area (Å²) < 4.78 is 50.2. The van der Waals surface area contributed by atoms with E-state index in [2.05, 4.69) is 4.74 Å². The summed E-state index contributed by atoms with van der Waals surface area (Å²) in [4.78, 5) is 22.3. The molecule has 162 valence electrons. The van der Waals surface area contributed by atoms with Crippen LogP contribution >= 0.6 is 0 Å². The number of methoxy groups -OCH3 is 2. The Hall–Kier alpha value is -3.09. The molecule has 0 amide bonds. The molecule has 0 heterocycles. The number of nitrogens with zero attached hydrogens (tertiary/aromatic N) is 2. The van der Waals surface area contributed by atoms with Crippen LogP contribution < -0.4 is 4.74 Å². The Morgan fingerprint density at radius 2 is 1.87 bits per heavy atom. The van der Waals surface area contributed by atoms with Gasteiger partial charge in [-0.2, -0.15) is 4.31 Å². The normalized spacial score (nSPS) is 12.4. The summed E-state index contributed by atoms with van der Waals surface area (Å²) in [5.74, 6) is -1.56. The Kier molecular flexibility index (Phi) is 7.43. The maximum absolute atomic E-state index is 13.7. The van der Waals surface area contributed by atoms with Gasteiger partial charge in [-0.25, -0.2) is 12.8 Å². The van der Waals surface area contributed by atoms with Crippen molar-refractivity contribution < 1.29 is 37.1 Å². The number of sulfonamides is 1. The van der Waals surface area contributed by atoms with Gasteiger partial charge in [-0.1, -0.05) is 0 Å². The highest BCUT2D eigenvalue weighted by Gasteiger charge is 2.37. The fourth-order valence-electron chi connectivity index (χ4n) is 2.69. The first-order chi connectivity index (χ1) is 14.1. The van der Waals surface area contributed by atoms with Crippen LogP contribution in [0.2, 0.25) is 0 Å². The molecule has 0 aromatic heterocycles. The minimum atomic E-state index is -4.47. The predicted octanol–water partition coefficient (Wildman–Crippen LogP) is 1.47. The van der Waals surface area contributed by atoms with Crippen LogP contribution in [0, 0.1) is 15.9 Å². The zero-order valence-corrected chi connectivity index (χ0v) is 16.8. The van der Waals surface area contributed by atoms with Crippen molar-refractivity contribution in [3.63, 3.8) is 0 Å². The highest BCUT2D eigenvalue weighted by Crippen LogP contribution is 2.27. The number of carbonyl (C=O) groups is 1. The van der Waals surface area contributed by atoms with Crippen LogP contribution in [-0.4, -0.2) is 55.6 Å². The molecule has 0 saturated carbocycles. The van der Waals surface area contributed by atoms with E-state index in [1.807, 2.05) is 0 Å². The zero-order valence-electron chi connectivity index (χ0n) is 16.0. The van der Waals surface area contributed by atoms with E-state index in [0.29, 0.717) is 10.1 Å². The standard InChI is InChI=1S/C18H19FN2O8S/c1-28-14-4-6-15(7-5-14)30(26,27)20(17(11-22)18(23)29-2)10-12-9-13(19)3-8-16(12)21(24)25/h3-9,17,22H,10-11H2,1-2H3. The number of nitro groups is 1. The Morgan fingerprint density at radius 3 is 2.37 bits per heavy atom. The number of ether oxygens (including phenoxy) is 2. The molecule has 2 rings (SSSR count). The van der Waals surface area contributed by atoms with Gasteiger partial charge in [-0.3, -0.25) is 14.9 Å². The molecule has 2 aromatic rings. The lowest BCUT2D eigenvalue weighted by atomic mass is 10.1. The van der Waals surface area contributed by atoms with Gasteiger partial charge >= 0.3 is 5.97 Å². The molecule has 0 fully saturated rings. The topological polar surface area (TPSA) is 136 Å². The number of benzene rings is 2. The van der Waals surface area contributed by atoms with Gasteiger partial charge in [0.25, 0.3) is 5.69 Å². The molecule has 2 aromatic carbocycles. The van der Waals surface area contributed by atoms with Gasteiger partial charge in [-0.05, 0) is 36.4 Å². The lowest BCUT2D eigenvalue weighted by Crippen LogP contribution is -2.47. The molecule has 1 atom stereocenters. The van der Waals surface area contributed by atoms with E-state index in [-0.39, 0.29) is 10.5 Å². The van der Waals surface area contributed by atoms with Crippen LogP contribution in [0.15, 0.2) is 47.4 Å². The van der Waals surface area contributed by atoms with Crippen molar-refractivity contribution in [3.05, 3.63) is 64.0 Å². The molecule has 10 nitrogen and oxygen atoms in total. The summed E-state index contributed by atoms with van der Waals surface area (Å²) in [6.07, 6.45) is 0. The van der Waals surface area contributed by atoms with E-state index in [0.717, 1.165) is 25.3 Å². The van der Waals surface area contributed by atoms with Crippen LogP contribution in [0.25, 0.3) is 0 Å². The number of halogens is 1. The molecular formula is C18H19FN2O8S. The lowest BCUT2D eigenvalue weighted by molar-refractivity contribution is -0.385. The molecule has 0 saturated heterocycles. The number of rotatable bonds is 9. The van der Waals surface area contributed by atoms with Crippen molar-refractivity contribution in [2.24, 2.45) is 0 Å². The number of aliphatic hydroxyl groups is 1. The molecule has 30 heavy (non-hydrogen) atoms. The van der Waals surface area contributed by atoms with Gasteiger partial charge in [0.05, 0.1) is 30.6 Å². The summed E-state index contributed by atoms with van der Waals surface area (Å²) in [7, 11) is -2.09. The molecule has 0 aliphatic rings. The number of nitro benzene ring substituents is 1. The minimum Gasteiger partial charge on any atom is -0.497 e. The Bertz CT molecular complexity index is 1030. The van der Waals surface area contributed by atoms with E-state index in [1.165, 1.54) is 31.4 Å². The Balaban J connectivity index is 2.62. The molecule has 0 spiro atoms. The summed E-state index contributed by atoms with van der Waals surface area (Å²) >= 11 is 0. The minimum absolute atomic E-state index is 0.273. The molecule has 0 aliphatic heterocycles. The van der Waals surface area contributed by atoms with Crippen molar-refractivity contribution in [3.8, 4) is 5.75 Å². The monoisotopic (exact) mass is 442 g/mol. The highest BCUT2D eigenvalue weighted by molar-refractivity contribution is 7.89. The third-order valence-electron chi connectivity index (χ3n) is 4.22. The molecule has 12 heteroatoms. The first-order valence-corrected chi connectivity index (χ1v) is 9.87. The molecule has 0 radical (unpaired) electrons. The smallest absolute Gasteiger partial charge is 0.326 e. The lowest BCUT2D eigenvalue weighted by Gasteiger charge is -2.28. The fourth-order valence-corrected chi connectivity index (χ4v) is 4.24. The van der Waals surface area contributed by atoms with Gasteiger partial charge in [0.15, 0.2) is 0 Å². The molecule has 0 bridgehead atoms. The molecule has 1 N–H and O–H groups in total. The zero-order chi connectivity index (χ0) is 22.5. The third kappa shape index (κ3) is 4.90. The summed E-state index contributed by atoms with van der Waals surface area (Å²) in [5.41, 5.74) is -0.854. The molecular weight excluding hydrogens is 423 g/mol. The van der Waals surface area contributed by atoms with Crippen LogP contribution in [-0.2, 0) is 26.1 Å². The van der Waals surface area contributed by atoms with Crippen LogP contribution in [0.3, 0.4) is 0 Å². The first-order valence-electron chi connectivity index (χ1n) is 8.43. The SMILES string of the molecule is COC(=O)C(CO)N(Cc1cc(F)ccc1[N+](=O)[O-])S(=O)(=O)c1ccc(OC)cc1. The first kappa shape index (κ1) is 23.2. The van der Waals surface area contributed by atoms with Crippen molar-refractivity contribution in [2.75, 3.05) is 20.8 Å². The molecule has 1 unspecified atom stereocenters.